The molecule has 1 aromatic heterocycles. The highest BCUT2D eigenvalue weighted by Crippen LogP contribution is 2.44. The topological polar surface area (TPSA) is 131 Å². The molecule has 9 heteroatoms. The number of nitrogens with zero attached hydrogens (tertiary/aromatic N) is 1. The number of benzene rings is 2. The molecular weight excluding hydrogens is 452 g/mol. The maximum Gasteiger partial charge on any atom is 0.407 e. The molecule has 35 heavy (non-hydrogen) atoms. The van der Waals surface area contributed by atoms with Gasteiger partial charge in [0.05, 0.1) is 12.2 Å². The van der Waals surface area contributed by atoms with Crippen LogP contribution in [0.4, 0.5) is 4.79 Å². The van der Waals surface area contributed by atoms with E-state index in [1.54, 1.807) is 0 Å². The van der Waals surface area contributed by atoms with Crippen LogP contribution in [0.1, 0.15) is 66.0 Å². The zero-order chi connectivity index (χ0) is 25.2. The first-order valence-corrected chi connectivity index (χ1v) is 11.3. The highest BCUT2D eigenvalue weighted by atomic mass is 16.6. The number of nitrogens with one attached hydrogen (secondary N) is 1. The molecule has 3 N–H and O–H groups in total. The van der Waals surface area contributed by atoms with E-state index < -0.39 is 36.0 Å². The van der Waals surface area contributed by atoms with E-state index in [2.05, 4.69) is 22.4 Å². The average molecular weight is 481 g/mol. The van der Waals surface area contributed by atoms with E-state index in [0.29, 0.717) is 0 Å². The zero-order valence-electron chi connectivity index (χ0n) is 19.8. The number of carbonyl (C=O) groups excluding carboxylic acids is 1. The zero-order valence-corrected chi connectivity index (χ0v) is 19.8. The molecule has 0 radical (unpaired) electrons. The lowest BCUT2D eigenvalue weighted by atomic mass is 9.98. The second-order valence-electron chi connectivity index (χ2n) is 9.23. The minimum Gasteiger partial charge on any atom is -0.476 e. The molecule has 1 atom stereocenters. The third-order valence-electron chi connectivity index (χ3n) is 5.68. The van der Waals surface area contributed by atoms with Gasteiger partial charge in [0.2, 0.25) is 5.89 Å². The monoisotopic (exact) mass is 480 g/mol. The van der Waals surface area contributed by atoms with Crippen LogP contribution in [0.15, 0.2) is 52.9 Å². The van der Waals surface area contributed by atoms with Crippen LogP contribution in [0.2, 0.25) is 0 Å². The summed E-state index contributed by atoms with van der Waals surface area (Å²) in [4.78, 5) is 28.2. The Balaban J connectivity index is 1.50. The summed E-state index contributed by atoms with van der Waals surface area (Å²) in [5, 5.41) is 21.4. The number of carbonyl (C=O) groups is 2. The number of aromatic nitrogens is 1. The van der Waals surface area contributed by atoms with E-state index in [0.717, 1.165) is 22.3 Å². The predicted octanol–water partition coefficient (Wildman–Crippen LogP) is 4.26. The minimum absolute atomic E-state index is 0.0435. The molecule has 0 saturated carbocycles. The number of alkyl carbamates (subject to hydrolysis) is 1. The normalized spacial score (nSPS) is 13.7. The van der Waals surface area contributed by atoms with E-state index >= 15 is 0 Å². The van der Waals surface area contributed by atoms with E-state index in [4.69, 9.17) is 13.9 Å². The molecule has 0 aliphatic heterocycles. The highest BCUT2D eigenvalue weighted by Gasteiger charge is 2.31. The number of hydrogen-bond acceptors (Lipinski definition) is 7. The lowest BCUT2D eigenvalue weighted by Crippen LogP contribution is -2.35. The molecule has 1 amide bonds. The smallest absolute Gasteiger partial charge is 0.407 e. The molecule has 3 aromatic rings. The standard InChI is InChI=1S/C26H28N2O7/c1-26(2,3)34-14-20(23-28-22(24(30)31)21(12-29)35-23)27-25(32)33-13-19-17-10-6-4-8-15(17)16-9-5-7-11-18(16)19/h4-11,19-20,29H,12-14H2,1-3H3,(H,27,32)(H,30,31)/t20-/m0/s1. The second kappa shape index (κ2) is 9.89. The number of carboxylic acid groups (broad SMARTS) is 1. The first-order chi connectivity index (χ1) is 16.7. The molecule has 0 saturated heterocycles. The van der Waals surface area contributed by atoms with Crippen molar-refractivity contribution in [2.45, 2.75) is 44.9 Å². The second-order valence-corrected chi connectivity index (χ2v) is 9.23. The Bertz CT molecular complexity index is 1180. The van der Waals surface area contributed by atoms with E-state index in [9.17, 15) is 19.8 Å². The van der Waals surface area contributed by atoms with Gasteiger partial charge in [-0.25, -0.2) is 14.6 Å². The SMILES string of the molecule is CC(C)(C)OC[C@H](NC(=O)OCC1c2ccccc2-c2ccccc21)c1nc(C(=O)O)c(CO)o1. The van der Waals surface area contributed by atoms with Gasteiger partial charge in [0.25, 0.3) is 0 Å². The van der Waals surface area contributed by atoms with E-state index in [1.807, 2.05) is 57.2 Å². The predicted molar refractivity (Wildman–Crippen MR) is 126 cm³/mol. The Morgan fingerprint density at radius 2 is 1.69 bits per heavy atom. The summed E-state index contributed by atoms with van der Waals surface area (Å²) in [6.07, 6.45) is -0.727. The molecule has 1 aliphatic rings. The molecule has 2 aromatic carbocycles. The Labute approximate surface area is 202 Å². The van der Waals surface area contributed by atoms with Crippen LogP contribution < -0.4 is 5.32 Å². The summed E-state index contributed by atoms with van der Waals surface area (Å²) in [7, 11) is 0. The number of hydrogen-bond donors (Lipinski definition) is 3. The van der Waals surface area contributed by atoms with Crippen molar-refractivity contribution >= 4 is 12.1 Å². The van der Waals surface area contributed by atoms with Gasteiger partial charge in [0.15, 0.2) is 11.5 Å². The molecular formula is C26H28N2O7. The maximum absolute atomic E-state index is 12.8. The number of oxazole rings is 1. The van der Waals surface area contributed by atoms with Crippen molar-refractivity contribution in [3.05, 3.63) is 77.0 Å². The van der Waals surface area contributed by atoms with Gasteiger partial charge in [-0.2, -0.15) is 0 Å². The van der Waals surface area contributed by atoms with Gasteiger partial charge in [-0.3, -0.25) is 0 Å². The third-order valence-corrected chi connectivity index (χ3v) is 5.68. The summed E-state index contributed by atoms with van der Waals surface area (Å²) >= 11 is 0. The lowest BCUT2D eigenvalue weighted by molar-refractivity contribution is -0.0183. The quantitative estimate of drug-likeness (QED) is 0.436. The number of aromatic carboxylic acids is 1. The fraction of sp³-hybridized carbons (Fsp3) is 0.346. The highest BCUT2D eigenvalue weighted by molar-refractivity contribution is 5.86. The van der Waals surface area contributed by atoms with E-state index in [1.165, 1.54) is 0 Å². The number of aliphatic hydroxyl groups excluding tert-OH is 1. The number of carboxylic acids is 1. The molecule has 0 unspecified atom stereocenters. The molecule has 0 spiro atoms. The van der Waals surface area contributed by atoms with Crippen molar-refractivity contribution in [2.75, 3.05) is 13.2 Å². The summed E-state index contributed by atoms with van der Waals surface area (Å²) in [5.74, 6) is -1.76. The van der Waals surface area contributed by atoms with Crippen LogP contribution in [-0.4, -0.2) is 46.1 Å². The van der Waals surface area contributed by atoms with Crippen molar-refractivity contribution in [2.24, 2.45) is 0 Å². The first kappa shape index (κ1) is 24.4. The number of amides is 1. The summed E-state index contributed by atoms with van der Waals surface area (Å²) in [5.41, 5.74) is 3.44. The van der Waals surface area contributed by atoms with Crippen LogP contribution in [-0.2, 0) is 16.1 Å². The largest absolute Gasteiger partial charge is 0.476 e. The molecule has 184 valence electrons. The fourth-order valence-electron chi connectivity index (χ4n) is 4.08. The maximum atomic E-state index is 12.8. The minimum atomic E-state index is -1.35. The van der Waals surface area contributed by atoms with Crippen molar-refractivity contribution in [3.63, 3.8) is 0 Å². The van der Waals surface area contributed by atoms with Crippen molar-refractivity contribution < 1.29 is 33.7 Å². The molecule has 9 nitrogen and oxygen atoms in total. The van der Waals surface area contributed by atoms with Crippen molar-refractivity contribution in [3.8, 4) is 11.1 Å². The van der Waals surface area contributed by atoms with Gasteiger partial charge >= 0.3 is 12.1 Å². The first-order valence-electron chi connectivity index (χ1n) is 11.3. The van der Waals surface area contributed by atoms with Gasteiger partial charge in [0.1, 0.15) is 19.3 Å². The summed E-state index contributed by atoms with van der Waals surface area (Å²) in [6, 6.07) is 15.1. The lowest BCUT2D eigenvalue weighted by Gasteiger charge is -2.23. The summed E-state index contributed by atoms with van der Waals surface area (Å²) in [6.45, 7) is 4.95. The number of rotatable bonds is 8. The van der Waals surface area contributed by atoms with Crippen LogP contribution >= 0.6 is 0 Å². The fourth-order valence-corrected chi connectivity index (χ4v) is 4.08. The van der Waals surface area contributed by atoms with Crippen molar-refractivity contribution in [1.82, 2.24) is 10.3 Å². The molecule has 1 aliphatic carbocycles. The van der Waals surface area contributed by atoms with Crippen LogP contribution in [0.3, 0.4) is 0 Å². The van der Waals surface area contributed by atoms with Gasteiger partial charge in [-0.05, 0) is 43.0 Å². The Hall–Kier alpha value is -3.69. The van der Waals surface area contributed by atoms with E-state index in [-0.39, 0.29) is 30.8 Å². The van der Waals surface area contributed by atoms with Gasteiger partial charge in [-0.1, -0.05) is 48.5 Å². The summed E-state index contributed by atoms with van der Waals surface area (Å²) < 4.78 is 16.8. The molecule has 1 heterocycles. The van der Waals surface area contributed by atoms with Gasteiger partial charge < -0.3 is 29.4 Å². The Morgan fingerprint density at radius 3 is 2.20 bits per heavy atom. The third kappa shape index (κ3) is 5.36. The molecule has 4 rings (SSSR count). The van der Waals surface area contributed by atoms with Crippen LogP contribution in [0.25, 0.3) is 11.1 Å². The van der Waals surface area contributed by atoms with Gasteiger partial charge in [0, 0.05) is 5.92 Å². The Kier molecular flexibility index (Phi) is 6.90. The number of ether oxygens (including phenoxy) is 2. The number of fused-ring (bicyclic) bond motifs is 3. The average Bonchev–Trinajstić information content (AvgIpc) is 3.40. The molecule has 0 fully saturated rings. The van der Waals surface area contributed by atoms with Crippen molar-refractivity contribution in [1.29, 1.82) is 0 Å². The Morgan fingerprint density at radius 1 is 1.09 bits per heavy atom. The van der Waals surface area contributed by atoms with Gasteiger partial charge in [-0.15, -0.1) is 0 Å². The van der Waals surface area contributed by atoms with Crippen LogP contribution in [0.5, 0.6) is 0 Å². The molecule has 0 bridgehead atoms. The van der Waals surface area contributed by atoms with Crippen LogP contribution in [0, 0.1) is 0 Å². The number of aliphatic hydroxyl groups is 1.